The second kappa shape index (κ2) is 8.81. The maximum Gasteiger partial charge on any atom is 0.196 e. The van der Waals surface area contributed by atoms with E-state index in [-0.39, 0.29) is 0 Å². The van der Waals surface area contributed by atoms with Gasteiger partial charge in [-0.15, -0.1) is 15.3 Å². The minimum atomic E-state index is 0.537. The van der Waals surface area contributed by atoms with E-state index in [0.717, 1.165) is 28.4 Å². The molecule has 4 aromatic rings. The topological polar surface area (TPSA) is 75.0 Å². The van der Waals surface area contributed by atoms with Crippen LogP contribution < -0.4 is 9.47 Å². The number of ether oxygens (including phenoxy) is 2. The molecule has 2 aromatic carbocycles. The predicted molar refractivity (Wildman–Crippen MR) is 114 cm³/mol. The largest absolute Gasteiger partial charge is 0.497 e. The molecule has 0 saturated heterocycles. The minimum Gasteiger partial charge on any atom is -0.497 e. The zero-order chi connectivity index (χ0) is 20.2. The number of para-hydroxylation sites is 1. The number of methoxy groups -OCH3 is 2. The lowest BCUT2D eigenvalue weighted by molar-refractivity contribution is 0.414. The van der Waals surface area contributed by atoms with Gasteiger partial charge < -0.3 is 9.47 Å². The molecule has 0 bridgehead atoms. The van der Waals surface area contributed by atoms with Gasteiger partial charge in [0.05, 0.1) is 25.5 Å². The average molecular weight is 446 g/mol. The molecular formula is C19H16ClN5O2S2. The van der Waals surface area contributed by atoms with E-state index in [1.807, 2.05) is 53.1 Å². The van der Waals surface area contributed by atoms with Crippen LogP contribution in [0.5, 0.6) is 11.5 Å². The van der Waals surface area contributed by atoms with Gasteiger partial charge in [-0.2, -0.15) is 0 Å². The monoisotopic (exact) mass is 445 g/mol. The van der Waals surface area contributed by atoms with Gasteiger partial charge in [0.1, 0.15) is 21.5 Å². The van der Waals surface area contributed by atoms with E-state index in [9.17, 15) is 0 Å². The van der Waals surface area contributed by atoms with Gasteiger partial charge in [0.25, 0.3) is 0 Å². The average Bonchev–Trinajstić information content (AvgIpc) is 3.38. The first-order valence-corrected chi connectivity index (χ1v) is 10.7. The van der Waals surface area contributed by atoms with Crippen molar-refractivity contribution in [2.75, 3.05) is 14.2 Å². The lowest BCUT2D eigenvalue weighted by atomic mass is 10.2. The minimum absolute atomic E-state index is 0.537. The van der Waals surface area contributed by atoms with Gasteiger partial charge in [-0.3, -0.25) is 4.57 Å². The quantitative estimate of drug-likeness (QED) is 0.380. The van der Waals surface area contributed by atoms with Crippen LogP contribution in [0, 0.1) is 0 Å². The van der Waals surface area contributed by atoms with E-state index >= 15 is 0 Å². The first-order valence-electron chi connectivity index (χ1n) is 8.54. The van der Waals surface area contributed by atoms with Gasteiger partial charge in [-0.1, -0.05) is 40.0 Å². The summed E-state index contributed by atoms with van der Waals surface area (Å²) in [6, 6.07) is 15.4. The molecule has 10 heteroatoms. The number of rotatable bonds is 7. The molecule has 0 unspecified atom stereocenters. The van der Waals surface area contributed by atoms with Crippen LogP contribution in [0.25, 0.3) is 17.1 Å². The molecule has 0 aliphatic rings. The van der Waals surface area contributed by atoms with Crippen LogP contribution in [0.1, 0.15) is 5.69 Å². The van der Waals surface area contributed by atoms with Crippen molar-refractivity contribution in [3.05, 3.63) is 58.6 Å². The predicted octanol–water partition coefficient (Wildman–Crippen LogP) is 4.75. The smallest absolute Gasteiger partial charge is 0.196 e. The Labute approximate surface area is 180 Å². The highest BCUT2D eigenvalue weighted by molar-refractivity contribution is 7.98. The van der Waals surface area contributed by atoms with E-state index in [2.05, 4.69) is 19.8 Å². The van der Waals surface area contributed by atoms with Crippen molar-refractivity contribution in [3.8, 4) is 28.6 Å². The van der Waals surface area contributed by atoms with Crippen LogP contribution in [0.3, 0.4) is 0 Å². The molecule has 0 spiro atoms. The van der Waals surface area contributed by atoms with Gasteiger partial charge in [-0.05, 0) is 36.4 Å². The van der Waals surface area contributed by atoms with Crippen LogP contribution in [-0.4, -0.2) is 38.6 Å². The second-order valence-corrected chi connectivity index (χ2v) is 8.12. The van der Waals surface area contributed by atoms with E-state index in [1.165, 1.54) is 23.3 Å². The molecule has 0 fully saturated rings. The highest BCUT2D eigenvalue weighted by Crippen LogP contribution is 2.35. The molecule has 0 amide bonds. The van der Waals surface area contributed by atoms with Crippen molar-refractivity contribution in [2.45, 2.75) is 10.9 Å². The molecule has 29 heavy (non-hydrogen) atoms. The van der Waals surface area contributed by atoms with Crippen molar-refractivity contribution in [1.29, 1.82) is 0 Å². The number of halogens is 1. The Kier molecular flexibility index (Phi) is 5.98. The van der Waals surface area contributed by atoms with Gasteiger partial charge in [0.15, 0.2) is 11.0 Å². The van der Waals surface area contributed by atoms with Gasteiger partial charge in [-0.25, -0.2) is 0 Å². The zero-order valence-electron chi connectivity index (χ0n) is 15.6. The van der Waals surface area contributed by atoms with E-state index in [0.29, 0.717) is 21.1 Å². The summed E-state index contributed by atoms with van der Waals surface area (Å²) in [5, 5.41) is 13.6. The number of benzene rings is 2. The van der Waals surface area contributed by atoms with Crippen molar-refractivity contribution in [3.63, 3.8) is 0 Å². The summed E-state index contributed by atoms with van der Waals surface area (Å²) < 4.78 is 17.3. The molecule has 0 atom stereocenters. The summed E-state index contributed by atoms with van der Waals surface area (Å²) in [7, 11) is 3.28. The Hall–Kier alpha value is -2.62. The number of thioether (sulfide) groups is 1. The van der Waals surface area contributed by atoms with Crippen molar-refractivity contribution in [1.82, 2.24) is 24.4 Å². The van der Waals surface area contributed by atoms with Crippen LogP contribution in [0.2, 0.25) is 4.34 Å². The molecule has 0 aliphatic carbocycles. The molecular weight excluding hydrogens is 430 g/mol. The SMILES string of the molecule is COc1ccc(-n2c(SCc3nnsc3Cl)nnc2-c2ccccc2OC)cc1. The molecule has 0 saturated carbocycles. The van der Waals surface area contributed by atoms with Crippen molar-refractivity contribution in [2.24, 2.45) is 0 Å². The molecule has 0 radical (unpaired) electrons. The van der Waals surface area contributed by atoms with Gasteiger partial charge in [0, 0.05) is 17.3 Å². The Morgan fingerprint density at radius 1 is 1.00 bits per heavy atom. The van der Waals surface area contributed by atoms with Crippen molar-refractivity contribution >= 4 is 34.9 Å². The van der Waals surface area contributed by atoms with Crippen LogP contribution >= 0.6 is 34.9 Å². The summed E-state index contributed by atoms with van der Waals surface area (Å²) in [6.45, 7) is 0. The number of nitrogens with zero attached hydrogens (tertiary/aromatic N) is 5. The fraction of sp³-hybridized carbons (Fsp3) is 0.158. The zero-order valence-corrected chi connectivity index (χ0v) is 18.0. The third-order valence-corrected chi connectivity index (χ3v) is 6.08. The second-order valence-electron chi connectivity index (χ2n) is 5.82. The summed E-state index contributed by atoms with van der Waals surface area (Å²) in [4.78, 5) is 0. The Morgan fingerprint density at radius 3 is 2.48 bits per heavy atom. The third-order valence-electron chi connectivity index (χ3n) is 4.16. The normalized spacial score (nSPS) is 10.9. The highest BCUT2D eigenvalue weighted by atomic mass is 35.5. The highest BCUT2D eigenvalue weighted by Gasteiger charge is 2.20. The summed E-state index contributed by atoms with van der Waals surface area (Å²) in [5.74, 6) is 2.71. The van der Waals surface area contributed by atoms with E-state index < -0.39 is 0 Å². The van der Waals surface area contributed by atoms with E-state index in [4.69, 9.17) is 21.1 Å². The fourth-order valence-corrected chi connectivity index (χ4v) is 4.43. The number of hydrogen-bond acceptors (Lipinski definition) is 8. The first-order chi connectivity index (χ1) is 14.2. The van der Waals surface area contributed by atoms with Crippen molar-refractivity contribution < 1.29 is 9.47 Å². The molecule has 148 valence electrons. The lowest BCUT2D eigenvalue weighted by Gasteiger charge is -2.12. The van der Waals surface area contributed by atoms with E-state index in [1.54, 1.807) is 14.2 Å². The van der Waals surface area contributed by atoms with Gasteiger partial charge in [0.2, 0.25) is 0 Å². The Balaban J connectivity index is 1.78. The Morgan fingerprint density at radius 2 is 1.79 bits per heavy atom. The third kappa shape index (κ3) is 4.07. The maximum absolute atomic E-state index is 6.14. The lowest BCUT2D eigenvalue weighted by Crippen LogP contribution is -2.01. The standard InChI is InChI=1S/C19H16ClN5O2S2/c1-26-13-9-7-12(8-10-13)25-18(14-5-3-4-6-16(14)27-2)22-23-19(25)28-11-15-17(20)29-24-21-15/h3-10H,11H2,1-2H3. The van der Waals surface area contributed by atoms with Crippen LogP contribution in [-0.2, 0) is 5.75 Å². The summed E-state index contributed by atoms with van der Waals surface area (Å²) in [6.07, 6.45) is 0. The molecule has 0 N–H and O–H groups in total. The van der Waals surface area contributed by atoms with Crippen LogP contribution in [0.4, 0.5) is 0 Å². The van der Waals surface area contributed by atoms with Gasteiger partial charge >= 0.3 is 0 Å². The molecule has 2 heterocycles. The number of aromatic nitrogens is 5. The number of hydrogen-bond donors (Lipinski definition) is 0. The molecule has 4 rings (SSSR count). The molecule has 7 nitrogen and oxygen atoms in total. The summed E-state index contributed by atoms with van der Waals surface area (Å²) >= 11 is 8.80. The Bertz CT molecular complexity index is 1110. The van der Waals surface area contributed by atoms with Crippen LogP contribution in [0.15, 0.2) is 53.7 Å². The molecule has 2 aromatic heterocycles. The first kappa shape index (κ1) is 19.7. The fourth-order valence-electron chi connectivity index (χ4n) is 2.75. The summed E-state index contributed by atoms with van der Waals surface area (Å²) in [5.41, 5.74) is 2.48. The maximum atomic E-state index is 6.14. The molecule has 0 aliphatic heterocycles.